The highest BCUT2D eigenvalue weighted by Gasteiger charge is 2.30. The molecule has 0 rings (SSSR count). The van der Waals surface area contributed by atoms with Gasteiger partial charge in [-0.2, -0.15) is 0 Å². The standard InChI is InChI=1S/C62H120O17P2/c1-6-10-13-16-19-21-22-27-31-36-41-46-60(65)73-52-58(79-62(67)48-43-38-33-28-24-23-26-30-34-39-44-55(5)9-4)54-77-81(70,71)75-50-56(63)49-74-80(68,69)76-53-57(51-72-59(64)45-40-35-29-18-15-12-8-3)78-61(66)47-42-37-32-25-20-17-14-11-7-2/h55-58,63H,6-54H2,1-5H3,(H,68,69)(H,70,71)/t55?,56-,57+,58+/m0/s1. The molecule has 19 heteroatoms. The number of aliphatic hydroxyl groups is 1. The third-order valence-electron chi connectivity index (χ3n) is 14.6. The summed E-state index contributed by atoms with van der Waals surface area (Å²) in [5, 5.41) is 10.5. The smallest absolute Gasteiger partial charge is 0.462 e. The number of esters is 4. The van der Waals surface area contributed by atoms with Gasteiger partial charge in [-0.25, -0.2) is 9.13 Å². The molecule has 0 bridgehead atoms. The number of carbonyl (C=O) groups excluding carboxylic acids is 4. The summed E-state index contributed by atoms with van der Waals surface area (Å²) < 4.78 is 67.8. The average molecular weight is 1200 g/mol. The first-order valence-electron chi connectivity index (χ1n) is 32.7. The second kappa shape index (κ2) is 55.9. The van der Waals surface area contributed by atoms with Gasteiger partial charge in [0.25, 0.3) is 0 Å². The number of hydrogen-bond donors (Lipinski definition) is 3. The van der Waals surface area contributed by atoms with E-state index in [1.54, 1.807) is 0 Å². The Morgan fingerprint density at radius 2 is 0.593 bits per heavy atom. The van der Waals surface area contributed by atoms with Crippen LogP contribution in [0.15, 0.2) is 0 Å². The summed E-state index contributed by atoms with van der Waals surface area (Å²) in [6, 6.07) is 0. The molecule has 3 unspecified atom stereocenters. The van der Waals surface area contributed by atoms with Crippen LogP contribution in [0, 0.1) is 5.92 Å². The van der Waals surface area contributed by atoms with Gasteiger partial charge in [0.1, 0.15) is 19.3 Å². The van der Waals surface area contributed by atoms with Gasteiger partial charge in [-0.15, -0.1) is 0 Å². The molecule has 0 radical (unpaired) electrons. The van der Waals surface area contributed by atoms with E-state index in [9.17, 15) is 43.2 Å². The lowest BCUT2D eigenvalue weighted by Gasteiger charge is -2.21. The molecule has 0 aromatic heterocycles. The van der Waals surface area contributed by atoms with E-state index in [1.807, 2.05) is 0 Å². The molecule has 81 heavy (non-hydrogen) atoms. The molecule has 0 saturated carbocycles. The average Bonchev–Trinajstić information content (AvgIpc) is 3.44. The van der Waals surface area contributed by atoms with E-state index in [1.165, 1.54) is 122 Å². The van der Waals surface area contributed by atoms with Gasteiger partial charge in [0.15, 0.2) is 12.2 Å². The largest absolute Gasteiger partial charge is 0.472 e. The molecule has 0 spiro atoms. The second-order valence-corrected chi connectivity index (χ2v) is 25.6. The molecule has 0 amide bonds. The van der Waals surface area contributed by atoms with Crippen molar-refractivity contribution in [3.63, 3.8) is 0 Å². The number of ether oxygens (including phenoxy) is 4. The molecule has 480 valence electrons. The zero-order chi connectivity index (χ0) is 59.9. The molecule has 0 fully saturated rings. The van der Waals surface area contributed by atoms with Crippen LogP contribution in [0.2, 0.25) is 0 Å². The maximum absolute atomic E-state index is 13.0. The van der Waals surface area contributed by atoms with Gasteiger partial charge in [-0.3, -0.25) is 37.3 Å². The minimum atomic E-state index is -4.94. The fraction of sp³-hybridized carbons (Fsp3) is 0.935. The predicted octanol–water partition coefficient (Wildman–Crippen LogP) is 17.0. The quantitative estimate of drug-likeness (QED) is 0.0222. The van der Waals surface area contributed by atoms with Gasteiger partial charge >= 0.3 is 39.5 Å². The van der Waals surface area contributed by atoms with Gasteiger partial charge in [0.05, 0.1) is 26.4 Å². The van der Waals surface area contributed by atoms with Crippen LogP contribution in [0.1, 0.15) is 311 Å². The Morgan fingerprint density at radius 1 is 0.346 bits per heavy atom. The van der Waals surface area contributed by atoms with Crippen LogP contribution in [0.5, 0.6) is 0 Å². The molecule has 0 aliphatic heterocycles. The zero-order valence-electron chi connectivity index (χ0n) is 51.9. The van der Waals surface area contributed by atoms with Crippen LogP contribution < -0.4 is 0 Å². The van der Waals surface area contributed by atoms with E-state index in [2.05, 4.69) is 34.6 Å². The Kier molecular flexibility index (Phi) is 54.6. The van der Waals surface area contributed by atoms with Crippen molar-refractivity contribution in [1.29, 1.82) is 0 Å². The maximum atomic E-state index is 13.0. The van der Waals surface area contributed by atoms with Crippen LogP contribution in [0.4, 0.5) is 0 Å². The van der Waals surface area contributed by atoms with Crippen molar-refractivity contribution >= 4 is 39.5 Å². The van der Waals surface area contributed by atoms with Crippen molar-refractivity contribution < 1.29 is 80.2 Å². The number of aliphatic hydroxyl groups excluding tert-OH is 1. The predicted molar refractivity (Wildman–Crippen MR) is 322 cm³/mol. The molecule has 0 aromatic rings. The van der Waals surface area contributed by atoms with Crippen LogP contribution in [-0.4, -0.2) is 96.7 Å². The van der Waals surface area contributed by atoms with Gasteiger partial charge in [-0.05, 0) is 31.6 Å². The summed E-state index contributed by atoms with van der Waals surface area (Å²) in [5.41, 5.74) is 0. The van der Waals surface area contributed by atoms with E-state index >= 15 is 0 Å². The Morgan fingerprint density at radius 3 is 0.877 bits per heavy atom. The molecule has 0 saturated heterocycles. The highest BCUT2D eigenvalue weighted by Crippen LogP contribution is 2.45. The van der Waals surface area contributed by atoms with Crippen LogP contribution in [0.25, 0.3) is 0 Å². The molecule has 0 heterocycles. The number of hydrogen-bond acceptors (Lipinski definition) is 15. The summed E-state index contributed by atoms with van der Waals surface area (Å²) in [4.78, 5) is 72.0. The van der Waals surface area contributed by atoms with E-state index in [0.717, 1.165) is 109 Å². The molecule has 3 N–H and O–H groups in total. The van der Waals surface area contributed by atoms with Gasteiger partial charge in [0.2, 0.25) is 0 Å². The number of carbonyl (C=O) groups is 4. The van der Waals surface area contributed by atoms with Crippen molar-refractivity contribution in [2.75, 3.05) is 39.6 Å². The summed E-state index contributed by atoms with van der Waals surface area (Å²) in [6.07, 6.45) is 38.9. The fourth-order valence-corrected chi connectivity index (χ4v) is 10.8. The first-order valence-corrected chi connectivity index (χ1v) is 35.7. The van der Waals surface area contributed by atoms with Crippen LogP contribution in [0.3, 0.4) is 0 Å². The monoisotopic (exact) mass is 1200 g/mol. The van der Waals surface area contributed by atoms with Crippen LogP contribution >= 0.6 is 15.6 Å². The molecule has 6 atom stereocenters. The highest BCUT2D eigenvalue weighted by atomic mass is 31.2. The summed E-state index contributed by atoms with van der Waals surface area (Å²) in [5.74, 6) is -1.34. The van der Waals surface area contributed by atoms with E-state index in [0.29, 0.717) is 25.7 Å². The van der Waals surface area contributed by atoms with Gasteiger partial charge < -0.3 is 33.8 Å². The minimum absolute atomic E-state index is 0.105. The zero-order valence-corrected chi connectivity index (χ0v) is 53.7. The molecular weight excluding hydrogens is 1080 g/mol. The van der Waals surface area contributed by atoms with Crippen molar-refractivity contribution in [3.8, 4) is 0 Å². The van der Waals surface area contributed by atoms with E-state index in [4.69, 9.17) is 37.0 Å². The van der Waals surface area contributed by atoms with E-state index in [-0.39, 0.29) is 25.7 Å². The molecule has 17 nitrogen and oxygen atoms in total. The summed E-state index contributed by atoms with van der Waals surface area (Å²) in [6.45, 7) is 7.15. The molecule has 0 aromatic carbocycles. The normalized spacial score (nSPS) is 14.6. The van der Waals surface area contributed by atoms with Gasteiger partial charge in [-0.1, -0.05) is 259 Å². The first-order chi connectivity index (χ1) is 39.1. The van der Waals surface area contributed by atoms with E-state index < -0.39 is 97.5 Å². The molecular formula is C62H120O17P2. The Balaban J connectivity index is 5.21. The Labute approximate surface area is 492 Å². The SMILES string of the molecule is CCCCCCCCCCCCCC(=O)OC[C@H](COP(=O)(O)OC[C@@H](O)COP(=O)(O)OC[C@@H](COC(=O)CCCCCCCCC)OC(=O)CCCCCCCCCCC)OC(=O)CCCCCCCCCCCCC(C)CC. The topological polar surface area (TPSA) is 237 Å². The van der Waals surface area contributed by atoms with Gasteiger partial charge in [0, 0.05) is 25.7 Å². The lowest BCUT2D eigenvalue weighted by molar-refractivity contribution is -0.161. The maximum Gasteiger partial charge on any atom is 0.472 e. The Bertz CT molecular complexity index is 1590. The first kappa shape index (κ1) is 79.1. The lowest BCUT2D eigenvalue weighted by Crippen LogP contribution is -2.30. The summed E-state index contributed by atoms with van der Waals surface area (Å²) >= 11 is 0. The third-order valence-corrected chi connectivity index (χ3v) is 16.5. The highest BCUT2D eigenvalue weighted by molar-refractivity contribution is 7.47. The third kappa shape index (κ3) is 55.7. The van der Waals surface area contributed by atoms with Crippen molar-refractivity contribution in [1.82, 2.24) is 0 Å². The van der Waals surface area contributed by atoms with Crippen molar-refractivity contribution in [2.45, 2.75) is 329 Å². The molecule has 0 aliphatic carbocycles. The lowest BCUT2D eigenvalue weighted by atomic mass is 9.99. The minimum Gasteiger partial charge on any atom is -0.462 e. The fourth-order valence-electron chi connectivity index (χ4n) is 9.20. The number of unbranched alkanes of at least 4 members (excludes halogenated alkanes) is 33. The Hall–Kier alpha value is -1.94. The molecule has 0 aliphatic rings. The van der Waals surface area contributed by atoms with Crippen molar-refractivity contribution in [3.05, 3.63) is 0 Å². The number of phosphoric acid groups is 2. The van der Waals surface area contributed by atoms with Crippen molar-refractivity contribution in [2.24, 2.45) is 5.92 Å². The van der Waals surface area contributed by atoms with Crippen LogP contribution in [-0.2, 0) is 65.4 Å². The number of rotatable bonds is 62. The number of phosphoric ester groups is 2. The second-order valence-electron chi connectivity index (χ2n) is 22.7. The summed E-state index contributed by atoms with van der Waals surface area (Å²) in [7, 11) is -9.88.